The SMILES string of the molecule is CC1(C)C(NC2CC(=O)N(C3CCCCC3)C2=O)C1(C)C. The summed E-state index contributed by atoms with van der Waals surface area (Å²) in [6, 6.07) is 0.175. The number of nitrogens with one attached hydrogen (secondary N) is 1. The molecule has 0 bridgehead atoms. The molecule has 1 atom stereocenters. The van der Waals surface area contributed by atoms with Crippen LogP contribution in [0.3, 0.4) is 0 Å². The molecule has 0 aromatic rings. The molecule has 21 heavy (non-hydrogen) atoms. The van der Waals surface area contributed by atoms with Crippen LogP contribution in [0.5, 0.6) is 0 Å². The molecule has 0 spiro atoms. The van der Waals surface area contributed by atoms with Crippen molar-refractivity contribution in [2.45, 2.75) is 84.3 Å². The second-order valence-electron chi connectivity index (χ2n) is 8.19. The number of imide groups is 1. The molecule has 4 heteroatoms. The number of amides is 2. The number of carbonyl (C=O) groups excluding carboxylic acids is 2. The number of nitrogens with zero attached hydrogens (tertiary/aromatic N) is 1. The first kappa shape index (κ1) is 15.0. The van der Waals surface area contributed by atoms with E-state index >= 15 is 0 Å². The van der Waals surface area contributed by atoms with Crippen LogP contribution in [0.4, 0.5) is 0 Å². The fourth-order valence-electron chi connectivity index (χ4n) is 4.32. The summed E-state index contributed by atoms with van der Waals surface area (Å²) in [7, 11) is 0. The maximum Gasteiger partial charge on any atom is 0.247 e. The number of likely N-dealkylation sites (tertiary alicyclic amines) is 1. The van der Waals surface area contributed by atoms with Crippen molar-refractivity contribution in [1.29, 1.82) is 0 Å². The molecule has 1 aliphatic heterocycles. The van der Waals surface area contributed by atoms with Gasteiger partial charge in [-0.15, -0.1) is 0 Å². The zero-order chi connectivity index (χ0) is 15.4. The van der Waals surface area contributed by atoms with E-state index in [0.717, 1.165) is 25.7 Å². The summed E-state index contributed by atoms with van der Waals surface area (Å²) in [4.78, 5) is 26.5. The molecule has 0 aromatic heterocycles. The number of hydrogen-bond acceptors (Lipinski definition) is 3. The first-order chi connectivity index (χ1) is 9.76. The second kappa shape index (κ2) is 4.80. The summed E-state index contributed by atoms with van der Waals surface area (Å²) in [5.74, 6) is 0.0473. The van der Waals surface area contributed by atoms with E-state index in [2.05, 4.69) is 33.0 Å². The van der Waals surface area contributed by atoms with Crippen molar-refractivity contribution >= 4 is 11.8 Å². The number of carbonyl (C=O) groups is 2. The van der Waals surface area contributed by atoms with E-state index in [1.54, 1.807) is 4.90 Å². The molecule has 1 N–H and O–H groups in total. The predicted molar refractivity (Wildman–Crippen MR) is 81.6 cm³/mol. The Labute approximate surface area is 127 Å². The topological polar surface area (TPSA) is 49.4 Å². The number of hydrogen-bond donors (Lipinski definition) is 1. The molecular formula is C17H28N2O2. The van der Waals surface area contributed by atoms with Crippen LogP contribution in [-0.4, -0.2) is 34.8 Å². The van der Waals surface area contributed by atoms with Crippen molar-refractivity contribution in [3.05, 3.63) is 0 Å². The van der Waals surface area contributed by atoms with Crippen LogP contribution in [0.15, 0.2) is 0 Å². The average molecular weight is 292 g/mol. The van der Waals surface area contributed by atoms with Crippen LogP contribution in [0, 0.1) is 10.8 Å². The molecule has 1 heterocycles. The van der Waals surface area contributed by atoms with Crippen LogP contribution >= 0.6 is 0 Å². The molecule has 3 rings (SSSR count). The van der Waals surface area contributed by atoms with Crippen molar-refractivity contribution in [3.8, 4) is 0 Å². The molecule has 0 aromatic carbocycles. The Bertz CT molecular complexity index is 449. The molecule has 1 saturated heterocycles. The minimum absolute atomic E-state index is 0.0189. The molecule has 0 radical (unpaired) electrons. The van der Waals surface area contributed by atoms with Gasteiger partial charge in [-0.1, -0.05) is 47.0 Å². The maximum atomic E-state index is 12.6. The summed E-state index contributed by atoms with van der Waals surface area (Å²) < 4.78 is 0. The van der Waals surface area contributed by atoms with Gasteiger partial charge in [0, 0.05) is 12.1 Å². The summed E-state index contributed by atoms with van der Waals surface area (Å²) >= 11 is 0. The maximum absolute atomic E-state index is 12.6. The normalized spacial score (nSPS) is 32.8. The van der Waals surface area contributed by atoms with Gasteiger partial charge in [0.2, 0.25) is 11.8 Å². The summed E-state index contributed by atoms with van der Waals surface area (Å²) in [5.41, 5.74) is 0.378. The van der Waals surface area contributed by atoms with Crippen molar-refractivity contribution in [3.63, 3.8) is 0 Å². The minimum Gasteiger partial charge on any atom is -0.302 e. The lowest BCUT2D eigenvalue weighted by atomic mass is 9.94. The van der Waals surface area contributed by atoms with Gasteiger partial charge in [-0.3, -0.25) is 14.5 Å². The van der Waals surface area contributed by atoms with Crippen molar-refractivity contribution < 1.29 is 9.59 Å². The molecule has 2 aliphatic carbocycles. The highest BCUT2D eigenvalue weighted by Crippen LogP contribution is 2.62. The molecular weight excluding hydrogens is 264 g/mol. The molecule has 4 nitrogen and oxygen atoms in total. The van der Waals surface area contributed by atoms with Crippen molar-refractivity contribution in [2.75, 3.05) is 0 Å². The third-order valence-electron chi connectivity index (χ3n) is 6.51. The predicted octanol–water partition coefficient (Wildman–Crippen LogP) is 2.47. The van der Waals surface area contributed by atoms with E-state index in [0.29, 0.717) is 12.5 Å². The van der Waals surface area contributed by atoms with E-state index in [1.165, 1.54) is 6.42 Å². The van der Waals surface area contributed by atoms with Crippen LogP contribution in [-0.2, 0) is 9.59 Å². The van der Waals surface area contributed by atoms with Crippen LogP contribution in [0.2, 0.25) is 0 Å². The highest BCUT2D eigenvalue weighted by molar-refractivity contribution is 6.05. The van der Waals surface area contributed by atoms with Gasteiger partial charge in [0.1, 0.15) is 0 Å². The standard InChI is InChI=1S/C17H28N2O2/c1-16(2)15(17(16,3)4)18-12-10-13(20)19(14(12)21)11-8-6-5-7-9-11/h11-12,15,18H,5-10H2,1-4H3. The van der Waals surface area contributed by atoms with Gasteiger partial charge >= 0.3 is 0 Å². The number of rotatable bonds is 3. The monoisotopic (exact) mass is 292 g/mol. The van der Waals surface area contributed by atoms with E-state index in [9.17, 15) is 9.59 Å². The van der Waals surface area contributed by atoms with Crippen LogP contribution in [0.25, 0.3) is 0 Å². The van der Waals surface area contributed by atoms with Gasteiger partial charge in [-0.25, -0.2) is 0 Å². The summed E-state index contributed by atoms with van der Waals surface area (Å²) in [5, 5.41) is 3.47. The zero-order valence-electron chi connectivity index (χ0n) is 13.7. The van der Waals surface area contributed by atoms with E-state index in [1.807, 2.05) is 0 Å². The first-order valence-electron chi connectivity index (χ1n) is 8.39. The lowest BCUT2D eigenvalue weighted by Gasteiger charge is -2.29. The third kappa shape index (κ3) is 2.23. The fraction of sp³-hybridized carbons (Fsp3) is 0.882. The first-order valence-corrected chi connectivity index (χ1v) is 8.39. The Morgan fingerprint density at radius 2 is 1.57 bits per heavy atom. The summed E-state index contributed by atoms with van der Waals surface area (Å²) in [6.07, 6.45) is 5.84. The Morgan fingerprint density at radius 1 is 1.00 bits per heavy atom. The Balaban J connectivity index is 1.67. The van der Waals surface area contributed by atoms with Crippen LogP contribution in [0.1, 0.15) is 66.2 Å². The zero-order valence-corrected chi connectivity index (χ0v) is 13.7. The quantitative estimate of drug-likeness (QED) is 0.813. The Morgan fingerprint density at radius 3 is 2.10 bits per heavy atom. The average Bonchev–Trinajstić information content (AvgIpc) is 2.67. The second-order valence-corrected chi connectivity index (χ2v) is 8.19. The van der Waals surface area contributed by atoms with E-state index in [4.69, 9.17) is 0 Å². The lowest BCUT2D eigenvalue weighted by Crippen LogP contribution is -2.45. The highest BCUT2D eigenvalue weighted by atomic mass is 16.2. The highest BCUT2D eigenvalue weighted by Gasteiger charge is 2.65. The lowest BCUT2D eigenvalue weighted by molar-refractivity contribution is -0.142. The smallest absolute Gasteiger partial charge is 0.247 e. The molecule has 3 fully saturated rings. The molecule has 118 valence electrons. The van der Waals surface area contributed by atoms with E-state index < -0.39 is 0 Å². The van der Waals surface area contributed by atoms with Crippen molar-refractivity contribution in [2.24, 2.45) is 10.8 Å². The molecule has 2 saturated carbocycles. The van der Waals surface area contributed by atoms with Crippen molar-refractivity contribution in [1.82, 2.24) is 10.2 Å². The van der Waals surface area contributed by atoms with E-state index in [-0.39, 0.29) is 34.7 Å². The fourth-order valence-corrected chi connectivity index (χ4v) is 4.32. The largest absolute Gasteiger partial charge is 0.302 e. The Kier molecular flexibility index (Phi) is 3.43. The minimum atomic E-state index is -0.300. The molecule has 3 aliphatic rings. The summed E-state index contributed by atoms with van der Waals surface area (Å²) in [6.45, 7) is 8.91. The van der Waals surface area contributed by atoms with Gasteiger partial charge < -0.3 is 5.32 Å². The van der Waals surface area contributed by atoms with Gasteiger partial charge in [0.15, 0.2) is 0 Å². The van der Waals surface area contributed by atoms with Gasteiger partial charge in [0.05, 0.1) is 12.5 Å². The van der Waals surface area contributed by atoms with Crippen LogP contribution < -0.4 is 5.32 Å². The van der Waals surface area contributed by atoms with Gasteiger partial charge in [-0.2, -0.15) is 0 Å². The molecule has 1 unspecified atom stereocenters. The molecule has 2 amide bonds. The van der Waals surface area contributed by atoms with Gasteiger partial charge in [0.25, 0.3) is 0 Å². The Hall–Kier alpha value is -0.900. The van der Waals surface area contributed by atoms with Gasteiger partial charge in [-0.05, 0) is 23.7 Å². The third-order valence-corrected chi connectivity index (χ3v) is 6.51.